The molecule has 2 aromatic carbocycles. The molecule has 1 amide bonds. The Hall–Kier alpha value is -2.86. The van der Waals surface area contributed by atoms with Crippen molar-refractivity contribution in [2.45, 2.75) is 12.6 Å². The topological polar surface area (TPSA) is 59.4 Å². The van der Waals surface area contributed by atoms with Crippen molar-refractivity contribution >= 4 is 16.8 Å². The van der Waals surface area contributed by atoms with Gasteiger partial charge in [0, 0.05) is 36.8 Å². The number of nitrogens with zero attached hydrogens (tertiary/aromatic N) is 3. The fourth-order valence-corrected chi connectivity index (χ4v) is 3.55. The molecule has 0 radical (unpaired) electrons. The number of piperazine rings is 1. The van der Waals surface area contributed by atoms with Gasteiger partial charge in [-0.05, 0) is 12.1 Å². The minimum Gasteiger partial charge on any atom is -0.496 e. The van der Waals surface area contributed by atoms with Crippen molar-refractivity contribution in [3.8, 4) is 5.75 Å². The SMILES string of the molecule is COc1ccccc1C1CNCCN1C(=O)Cn1cc2ccccc2n1. The Bertz CT molecular complexity index is 888. The van der Waals surface area contributed by atoms with Gasteiger partial charge < -0.3 is 15.0 Å². The Balaban J connectivity index is 1.58. The molecule has 0 saturated carbocycles. The summed E-state index contributed by atoms with van der Waals surface area (Å²) in [5.41, 5.74) is 1.93. The molecule has 0 bridgehead atoms. The van der Waals surface area contributed by atoms with Crippen LogP contribution in [0.3, 0.4) is 0 Å². The molecule has 134 valence electrons. The first-order valence-electron chi connectivity index (χ1n) is 8.81. The quantitative estimate of drug-likeness (QED) is 0.784. The van der Waals surface area contributed by atoms with Gasteiger partial charge in [0.05, 0.1) is 18.7 Å². The Kier molecular flexibility index (Phi) is 4.58. The number of amides is 1. The number of fused-ring (bicyclic) bond motifs is 1. The van der Waals surface area contributed by atoms with E-state index in [0.717, 1.165) is 28.8 Å². The third-order valence-corrected chi connectivity index (χ3v) is 4.82. The van der Waals surface area contributed by atoms with Crippen molar-refractivity contribution in [2.75, 3.05) is 26.7 Å². The van der Waals surface area contributed by atoms with E-state index < -0.39 is 0 Å². The van der Waals surface area contributed by atoms with Crippen LogP contribution in [0.25, 0.3) is 10.9 Å². The molecule has 1 fully saturated rings. The van der Waals surface area contributed by atoms with Crippen LogP contribution in [-0.4, -0.2) is 47.3 Å². The summed E-state index contributed by atoms with van der Waals surface area (Å²) < 4.78 is 7.23. The first kappa shape index (κ1) is 16.6. The van der Waals surface area contributed by atoms with Gasteiger partial charge in [-0.15, -0.1) is 0 Å². The lowest BCUT2D eigenvalue weighted by Crippen LogP contribution is -2.49. The van der Waals surface area contributed by atoms with Crippen LogP contribution in [-0.2, 0) is 11.3 Å². The van der Waals surface area contributed by atoms with E-state index in [9.17, 15) is 4.79 Å². The van der Waals surface area contributed by atoms with Crippen molar-refractivity contribution in [3.63, 3.8) is 0 Å². The van der Waals surface area contributed by atoms with Gasteiger partial charge in [-0.2, -0.15) is 5.10 Å². The van der Waals surface area contributed by atoms with Crippen molar-refractivity contribution in [3.05, 3.63) is 60.3 Å². The average molecular weight is 350 g/mol. The van der Waals surface area contributed by atoms with Gasteiger partial charge >= 0.3 is 0 Å². The zero-order chi connectivity index (χ0) is 17.9. The number of aromatic nitrogens is 2. The standard InChI is InChI=1S/C20H22N4O2/c1-26-19-9-5-3-7-16(19)18-12-21-10-11-24(18)20(25)14-23-13-15-6-2-4-8-17(15)22-23/h2-9,13,18,21H,10-12,14H2,1H3. The van der Waals surface area contributed by atoms with Gasteiger partial charge in [-0.25, -0.2) is 0 Å². The summed E-state index contributed by atoms with van der Waals surface area (Å²) >= 11 is 0. The van der Waals surface area contributed by atoms with Crippen molar-refractivity contribution < 1.29 is 9.53 Å². The molecular formula is C20H22N4O2. The molecular weight excluding hydrogens is 328 g/mol. The van der Waals surface area contributed by atoms with Crippen molar-refractivity contribution in [1.82, 2.24) is 20.0 Å². The largest absolute Gasteiger partial charge is 0.496 e. The zero-order valence-electron chi connectivity index (χ0n) is 14.8. The van der Waals surface area contributed by atoms with Crippen LogP contribution in [0.2, 0.25) is 0 Å². The molecule has 0 aliphatic carbocycles. The number of para-hydroxylation sites is 1. The normalized spacial score (nSPS) is 17.4. The first-order valence-corrected chi connectivity index (χ1v) is 8.81. The van der Waals surface area contributed by atoms with E-state index in [1.807, 2.05) is 59.6 Å². The number of carbonyl (C=O) groups is 1. The Morgan fingerprint density at radius 3 is 2.88 bits per heavy atom. The van der Waals surface area contributed by atoms with Gasteiger partial charge in [-0.1, -0.05) is 36.4 Å². The minimum atomic E-state index is -0.0441. The van der Waals surface area contributed by atoms with Crippen LogP contribution in [0, 0.1) is 0 Å². The number of methoxy groups -OCH3 is 1. The third-order valence-electron chi connectivity index (χ3n) is 4.82. The molecule has 1 aliphatic rings. The summed E-state index contributed by atoms with van der Waals surface area (Å²) in [6.07, 6.45) is 1.92. The van der Waals surface area contributed by atoms with Crippen LogP contribution in [0.1, 0.15) is 11.6 Å². The molecule has 1 saturated heterocycles. The van der Waals surface area contributed by atoms with E-state index >= 15 is 0 Å². The molecule has 1 aromatic heterocycles. The molecule has 6 heteroatoms. The smallest absolute Gasteiger partial charge is 0.244 e. The molecule has 6 nitrogen and oxygen atoms in total. The first-order chi connectivity index (χ1) is 12.8. The number of ether oxygens (including phenoxy) is 1. The van der Waals surface area contributed by atoms with Crippen LogP contribution < -0.4 is 10.1 Å². The third kappa shape index (κ3) is 3.15. The lowest BCUT2D eigenvalue weighted by atomic mass is 10.0. The van der Waals surface area contributed by atoms with Crippen molar-refractivity contribution in [1.29, 1.82) is 0 Å². The number of hydrogen-bond acceptors (Lipinski definition) is 4. The van der Waals surface area contributed by atoms with Gasteiger partial charge in [-0.3, -0.25) is 9.48 Å². The summed E-state index contributed by atoms with van der Waals surface area (Å²) in [7, 11) is 1.66. The molecule has 1 atom stereocenters. The van der Waals surface area contributed by atoms with E-state index in [2.05, 4.69) is 10.4 Å². The van der Waals surface area contributed by atoms with E-state index in [1.165, 1.54) is 0 Å². The zero-order valence-corrected chi connectivity index (χ0v) is 14.8. The highest BCUT2D eigenvalue weighted by molar-refractivity contribution is 5.80. The molecule has 4 rings (SSSR count). The highest BCUT2D eigenvalue weighted by atomic mass is 16.5. The Morgan fingerprint density at radius 2 is 2.04 bits per heavy atom. The lowest BCUT2D eigenvalue weighted by Gasteiger charge is -2.37. The second kappa shape index (κ2) is 7.17. The van der Waals surface area contributed by atoms with Crippen molar-refractivity contribution in [2.24, 2.45) is 0 Å². The highest BCUT2D eigenvalue weighted by Crippen LogP contribution is 2.30. The van der Waals surface area contributed by atoms with E-state index in [0.29, 0.717) is 13.1 Å². The maximum Gasteiger partial charge on any atom is 0.244 e. The van der Waals surface area contributed by atoms with Crippen LogP contribution >= 0.6 is 0 Å². The highest BCUT2D eigenvalue weighted by Gasteiger charge is 2.29. The van der Waals surface area contributed by atoms with E-state index in [4.69, 9.17) is 4.74 Å². The lowest BCUT2D eigenvalue weighted by molar-refractivity contribution is -0.135. The number of hydrogen-bond donors (Lipinski definition) is 1. The fraction of sp³-hybridized carbons (Fsp3) is 0.300. The number of rotatable bonds is 4. The second-order valence-electron chi connectivity index (χ2n) is 6.43. The minimum absolute atomic E-state index is 0.0441. The summed E-state index contributed by atoms with van der Waals surface area (Å²) in [6, 6.07) is 15.7. The molecule has 0 spiro atoms. The summed E-state index contributed by atoms with van der Waals surface area (Å²) in [6.45, 7) is 2.41. The number of carbonyl (C=O) groups excluding carboxylic acids is 1. The average Bonchev–Trinajstić information content (AvgIpc) is 3.10. The molecule has 2 heterocycles. The summed E-state index contributed by atoms with van der Waals surface area (Å²) in [4.78, 5) is 15.0. The Morgan fingerprint density at radius 1 is 1.23 bits per heavy atom. The fourth-order valence-electron chi connectivity index (χ4n) is 3.55. The molecule has 3 aromatic rings. The van der Waals surface area contributed by atoms with E-state index in [1.54, 1.807) is 11.8 Å². The molecule has 1 unspecified atom stereocenters. The maximum atomic E-state index is 13.0. The number of benzene rings is 2. The number of nitrogens with one attached hydrogen (secondary N) is 1. The second-order valence-corrected chi connectivity index (χ2v) is 6.43. The summed E-state index contributed by atoms with van der Waals surface area (Å²) in [5.74, 6) is 0.874. The van der Waals surface area contributed by atoms with Crippen LogP contribution in [0.15, 0.2) is 54.7 Å². The van der Waals surface area contributed by atoms with Crippen LogP contribution in [0.5, 0.6) is 5.75 Å². The van der Waals surface area contributed by atoms with Gasteiger partial charge in [0.15, 0.2) is 0 Å². The van der Waals surface area contributed by atoms with E-state index in [-0.39, 0.29) is 18.5 Å². The maximum absolute atomic E-state index is 13.0. The van der Waals surface area contributed by atoms with Gasteiger partial charge in [0.2, 0.25) is 5.91 Å². The summed E-state index contributed by atoms with van der Waals surface area (Å²) in [5, 5.41) is 8.93. The predicted molar refractivity (Wildman–Crippen MR) is 100 cm³/mol. The Labute approximate surface area is 152 Å². The monoisotopic (exact) mass is 350 g/mol. The molecule has 1 N–H and O–H groups in total. The molecule has 26 heavy (non-hydrogen) atoms. The predicted octanol–water partition coefficient (Wildman–Crippen LogP) is 2.22. The van der Waals surface area contributed by atoms with Gasteiger partial charge in [0.25, 0.3) is 0 Å². The molecule has 1 aliphatic heterocycles. The van der Waals surface area contributed by atoms with Crippen LogP contribution in [0.4, 0.5) is 0 Å². The van der Waals surface area contributed by atoms with Gasteiger partial charge in [0.1, 0.15) is 12.3 Å².